The van der Waals surface area contributed by atoms with E-state index >= 15 is 0 Å². The maximum absolute atomic E-state index is 6.05. The zero-order valence-electron chi connectivity index (χ0n) is 14.6. The lowest BCUT2D eigenvalue weighted by atomic mass is 9.88. The molecular formula is C20H30N2O2. The fraction of sp³-hybridized carbons (Fsp3) is 0.700. The van der Waals surface area contributed by atoms with Gasteiger partial charge in [0, 0.05) is 32.2 Å². The van der Waals surface area contributed by atoms with Gasteiger partial charge in [-0.2, -0.15) is 0 Å². The van der Waals surface area contributed by atoms with Gasteiger partial charge < -0.3 is 9.47 Å². The Hall–Kier alpha value is -0.940. The Balaban J connectivity index is 1.14. The standard InChI is InChI=1S/C20H30N2O2/c1-2-4-17(5-3-1)16-24-20-12-19(13-20)22-7-6-18(15-22)14-21-8-10-23-11-9-21/h1-5,18-20H,6-16H2. The summed E-state index contributed by atoms with van der Waals surface area (Å²) in [6.07, 6.45) is 4.27. The highest BCUT2D eigenvalue weighted by molar-refractivity contribution is 5.13. The Bertz CT molecular complexity index is 498. The quantitative estimate of drug-likeness (QED) is 0.800. The van der Waals surface area contributed by atoms with Crippen molar-refractivity contribution < 1.29 is 9.47 Å². The molecule has 132 valence electrons. The van der Waals surface area contributed by atoms with Crippen LogP contribution in [0, 0.1) is 5.92 Å². The van der Waals surface area contributed by atoms with Gasteiger partial charge in [-0.25, -0.2) is 0 Å². The number of hydrogen-bond acceptors (Lipinski definition) is 4. The molecule has 1 unspecified atom stereocenters. The van der Waals surface area contributed by atoms with E-state index in [9.17, 15) is 0 Å². The average molecular weight is 330 g/mol. The van der Waals surface area contributed by atoms with E-state index in [2.05, 4.69) is 40.1 Å². The molecule has 0 spiro atoms. The molecule has 4 rings (SSSR count). The largest absolute Gasteiger partial charge is 0.379 e. The molecule has 4 nitrogen and oxygen atoms in total. The molecule has 1 aromatic carbocycles. The van der Waals surface area contributed by atoms with Crippen LogP contribution in [0.3, 0.4) is 0 Å². The van der Waals surface area contributed by atoms with Crippen molar-refractivity contribution >= 4 is 0 Å². The first kappa shape index (κ1) is 16.5. The van der Waals surface area contributed by atoms with Crippen molar-refractivity contribution in [2.45, 2.75) is 38.0 Å². The van der Waals surface area contributed by atoms with Gasteiger partial charge in [-0.15, -0.1) is 0 Å². The van der Waals surface area contributed by atoms with Crippen molar-refractivity contribution in [1.29, 1.82) is 0 Å². The third-order valence-corrected chi connectivity index (χ3v) is 5.85. The maximum Gasteiger partial charge on any atom is 0.0720 e. The highest BCUT2D eigenvalue weighted by Crippen LogP contribution is 2.33. The third kappa shape index (κ3) is 4.17. The number of benzene rings is 1. The van der Waals surface area contributed by atoms with Crippen LogP contribution >= 0.6 is 0 Å². The smallest absolute Gasteiger partial charge is 0.0720 e. The molecular weight excluding hydrogens is 300 g/mol. The Morgan fingerprint density at radius 3 is 2.62 bits per heavy atom. The molecule has 2 heterocycles. The van der Waals surface area contributed by atoms with Crippen LogP contribution in [-0.4, -0.2) is 67.9 Å². The average Bonchev–Trinajstić information content (AvgIpc) is 3.03. The number of hydrogen-bond donors (Lipinski definition) is 0. The fourth-order valence-corrected chi connectivity index (χ4v) is 4.25. The molecule has 1 aromatic rings. The van der Waals surface area contributed by atoms with E-state index in [-0.39, 0.29) is 0 Å². The van der Waals surface area contributed by atoms with E-state index in [1.807, 2.05) is 0 Å². The van der Waals surface area contributed by atoms with Crippen molar-refractivity contribution in [2.75, 3.05) is 45.9 Å². The summed E-state index contributed by atoms with van der Waals surface area (Å²) < 4.78 is 11.5. The van der Waals surface area contributed by atoms with Crippen molar-refractivity contribution in [3.05, 3.63) is 35.9 Å². The molecule has 0 N–H and O–H groups in total. The van der Waals surface area contributed by atoms with Gasteiger partial charge in [0.05, 0.1) is 25.9 Å². The molecule has 0 aromatic heterocycles. The summed E-state index contributed by atoms with van der Waals surface area (Å²) in [6, 6.07) is 11.3. The molecule has 0 bridgehead atoms. The summed E-state index contributed by atoms with van der Waals surface area (Å²) in [6.45, 7) is 8.67. The second kappa shape index (κ2) is 7.96. The molecule has 2 aliphatic heterocycles. The number of morpholine rings is 1. The number of likely N-dealkylation sites (tertiary alicyclic amines) is 1. The second-order valence-electron chi connectivity index (χ2n) is 7.61. The lowest BCUT2D eigenvalue weighted by molar-refractivity contribution is -0.0551. The highest BCUT2D eigenvalue weighted by atomic mass is 16.5. The zero-order valence-corrected chi connectivity index (χ0v) is 14.6. The summed E-state index contributed by atoms with van der Waals surface area (Å²) in [7, 11) is 0. The van der Waals surface area contributed by atoms with E-state index in [1.165, 1.54) is 44.5 Å². The molecule has 0 radical (unpaired) electrons. The Morgan fingerprint density at radius 2 is 1.83 bits per heavy atom. The summed E-state index contributed by atoms with van der Waals surface area (Å²) in [5.41, 5.74) is 1.28. The Morgan fingerprint density at radius 1 is 1.04 bits per heavy atom. The molecule has 3 fully saturated rings. The summed E-state index contributed by atoms with van der Waals surface area (Å²) >= 11 is 0. The van der Waals surface area contributed by atoms with Gasteiger partial charge in [0.25, 0.3) is 0 Å². The molecule has 1 saturated carbocycles. The van der Waals surface area contributed by atoms with Gasteiger partial charge in [0.2, 0.25) is 0 Å². The summed E-state index contributed by atoms with van der Waals surface area (Å²) in [5, 5.41) is 0. The van der Waals surface area contributed by atoms with Gasteiger partial charge in [-0.1, -0.05) is 30.3 Å². The molecule has 0 amide bonds. The second-order valence-corrected chi connectivity index (χ2v) is 7.61. The SMILES string of the molecule is c1ccc(COC2CC(N3CCC(CN4CCOCC4)C3)C2)cc1. The topological polar surface area (TPSA) is 24.9 Å². The molecule has 1 aliphatic carbocycles. The zero-order chi connectivity index (χ0) is 16.2. The highest BCUT2D eigenvalue weighted by Gasteiger charge is 2.37. The van der Waals surface area contributed by atoms with Crippen LogP contribution in [0.15, 0.2) is 30.3 Å². The van der Waals surface area contributed by atoms with Gasteiger partial charge in [-0.3, -0.25) is 9.80 Å². The normalized spacial score (nSPS) is 31.9. The number of rotatable bonds is 6. The fourth-order valence-electron chi connectivity index (χ4n) is 4.25. The maximum atomic E-state index is 6.05. The van der Waals surface area contributed by atoms with Crippen LogP contribution in [0.1, 0.15) is 24.8 Å². The Kier molecular flexibility index (Phi) is 5.48. The lowest BCUT2D eigenvalue weighted by Gasteiger charge is -2.41. The predicted octanol–water partition coefficient (Wildman–Crippen LogP) is 2.39. The van der Waals surface area contributed by atoms with E-state index in [4.69, 9.17) is 9.47 Å². The van der Waals surface area contributed by atoms with Crippen LogP contribution < -0.4 is 0 Å². The molecule has 1 atom stereocenters. The van der Waals surface area contributed by atoms with E-state index in [0.29, 0.717) is 6.10 Å². The molecule has 2 saturated heterocycles. The number of nitrogens with zero attached hydrogens (tertiary/aromatic N) is 2. The van der Waals surface area contributed by atoms with Crippen LogP contribution in [0.5, 0.6) is 0 Å². The van der Waals surface area contributed by atoms with Crippen molar-refractivity contribution in [3.8, 4) is 0 Å². The van der Waals surface area contributed by atoms with Crippen LogP contribution in [-0.2, 0) is 16.1 Å². The molecule has 3 aliphatic rings. The van der Waals surface area contributed by atoms with E-state index in [1.54, 1.807) is 0 Å². The minimum Gasteiger partial charge on any atom is -0.379 e. The van der Waals surface area contributed by atoms with Crippen LogP contribution in [0.2, 0.25) is 0 Å². The molecule has 4 heteroatoms. The van der Waals surface area contributed by atoms with E-state index < -0.39 is 0 Å². The van der Waals surface area contributed by atoms with Gasteiger partial charge >= 0.3 is 0 Å². The predicted molar refractivity (Wildman–Crippen MR) is 95.0 cm³/mol. The summed E-state index contributed by atoms with van der Waals surface area (Å²) in [5.74, 6) is 0.854. The third-order valence-electron chi connectivity index (χ3n) is 5.85. The first-order valence-electron chi connectivity index (χ1n) is 9.56. The minimum atomic E-state index is 0.466. The minimum absolute atomic E-state index is 0.466. The van der Waals surface area contributed by atoms with Gasteiger partial charge in [0.15, 0.2) is 0 Å². The van der Waals surface area contributed by atoms with Crippen molar-refractivity contribution in [2.24, 2.45) is 5.92 Å². The van der Waals surface area contributed by atoms with Gasteiger partial charge in [0.1, 0.15) is 0 Å². The lowest BCUT2D eigenvalue weighted by Crippen LogP contribution is -2.47. The first-order valence-corrected chi connectivity index (χ1v) is 9.56. The number of ether oxygens (including phenoxy) is 2. The molecule has 24 heavy (non-hydrogen) atoms. The van der Waals surface area contributed by atoms with Gasteiger partial charge in [-0.05, 0) is 37.3 Å². The van der Waals surface area contributed by atoms with Crippen molar-refractivity contribution in [3.63, 3.8) is 0 Å². The Labute approximate surface area is 145 Å². The first-order chi connectivity index (χ1) is 11.9. The van der Waals surface area contributed by atoms with Crippen molar-refractivity contribution in [1.82, 2.24) is 9.80 Å². The monoisotopic (exact) mass is 330 g/mol. The van der Waals surface area contributed by atoms with E-state index in [0.717, 1.165) is 44.9 Å². The van der Waals surface area contributed by atoms with Crippen LogP contribution in [0.25, 0.3) is 0 Å². The van der Waals surface area contributed by atoms with Crippen LogP contribution in [0.4, 0.5) is 0 Å². The summed E-state index contributed by atoms with van der Waals surface area (Å²) in [4.78, 5) is 5.30.